The summed E-state index contributed by atoms with van der Waals surface area (Å²) < 4.78 is 0. The van der Waals surface area contributed by atoms with E-state index in [2.05, 4.69) is 19.1 Å². The normalized spacial score (nSPS) is 12.9. The monoisotopic (exact) mass is 149 g/mol. The summed E-state index contributed by atoms with van der Waals surface area (Å²) in [4.78, 5) is 0. The third kappa shape index (κ3) is 3.19. The van der Waals surface area contributed by atoms with Crippen LogP contribution in [0.4, 0.5) is 0 Å². The van der Waals surface area contributed by atoms with Crippen LogP contribution in [0.3, 0.4) is 0 Å². The van der Waals surface area contributed by atoms with Gasteiger partial charge in [0.05, 0.1) is 6.10 Å². The standard InChI is InChI=1S/C10H13O/c1-9(11)7-8-10-5-3-2-4-6-10/h2-6,9,11H,1,7-8H2/t9-/m0/s1. The lowest BCUT2D eigenvalue weighted by molar-refractivity contribution is 0.210. The second-order valence-electron chi connectivity index (χ2n) is 2.68. The van der Waals surface area contributed by atoms with E-state index < -0.39 is 6.10 Å². The van der Waals surface area contributed by atoms with Crippen LogP contribution in [-0.4, -0.2) is 11.2 Å². The molecule has 0 bridgehead atoms. The van der Waals surface area contributed by atoms with Crippen LogP contribution >= 0.6 is 0 Å². The SMILES string of the molecule is [CH2][C@H](O)CCc1ccccc1. The van der Waals surface area contributed by atoms with Gasteiger partial charge >= 0.3 is 0 Å². The molecule has 1 heteroatoms. The van der Waals surface area contributed by atoms with Crippen LogP contribution in [0.5, 0.6) is 0 Å². The molecular weight excluding hydrogens is 136 g/mol. The molecule has 1 aromatic carbocycles. The Balaban J connectivity index is 2.39. The van der Waals surface area contributed by atoms with E-state index in [1.807, 2.05) is 18.2 Å². The second-order valence-corrected chi connectivity index (χ2v) is 2.68. The molecule has 59 valence electrons. The van der Waals surface area contributed by atoms with Gasteiger partial charge in [-0.1, -0.05) is 30.3 Å². The highest BCUT2D eigenvalue weighted by molar-refractivity contribution is 5.14. The highest BCUT2D eigenvalue weighted by Crippen LogP contribution is 2.03. The summed E-state index contributed by atoms with van der Waals surface area (Å²) in [5.41, 5.74) is 1.26. The summed E-state index contributed by atoms with van der Waals surface area (Å²) in [6, 6.07) is 10.1. The van der Waals surface area contributed by atoms with Gasteiger partial charge in [-0.25, -0.2) is 0 Å². The molecule has 1 nitrogen and oxygen atoms in total. The third-order valence-electron chi connectivity index (χ3n) is 1.61. The maximum absolute atomic E-state index is 8.90. The lowest BCUT2D eigenvalue weighted by Gasteiger charge is -2.02. The van der Waals surface area contributed by atoms with Crippen LogP contribution in [0.2, 0.25) is 0 Å². The molecular formula is C10H13O. The Kier molecular flexibility index (Phi) is 3.12. The molecule has 1 atom stereocenters. The van der Waals surface area contributed by atoms with Gasteiger partial charge in [-0.3, -0.25) is 0 Å². The minimum absolute atomic E-state index is 0.435. The minimum atomic E-state index is -0.435. The lowest BCUT2D eigenvalue weighted by atomic mass is 10.1. The highest BCUT2D eigenvalue weighted by Gasteiger charge is 1.95. The first-order valence-electron chi connectivity index (χ1n) is 3.84. The maximum atomic E-state index is 8.90. The van der Waals surface area contributed by atoms with Crippen molar-refractivity contribution in [1.82, 2.24) is 0 Å². The van der Waals surface area contributed by atoms with Crippen molar-refractivity contribution in [3.05, 3.63) is 42.8 Å². The van der Waals surface area contributed by atoms with Gasteiger partial charge in [0.2, 0.25) is 0 Å². The fraction of sp³-hybridized carbons (Fsp3) is 0.300. The number of hydrogen-bond donors (Lipinski definition) is 1. The predicted octanol–water partition coefficient (Wildman–Crippen LogP) is 1.81. The summed E-state index contributed by atoms with van der Waals surface area (Å²) in [5.74, 6) is 0. The van der Waals surface area contributed by atoms with Crippen molar-refractivity contribution in [2.75, 3.05) is 0 Å². The van der Waals surface area contributed by atoms with E-state index in [0.717, 1.165) is 12.8 Å². The molecule has 1 radical (unpaired) electrons. The van der Waals surface area contributed by atoms with Crippen LogP contribution in [-0.2, 0) is 6.42 Å². The Hall–Kier alpha value is -0.820. The quantitative estimate of drug-likeness (QED) is 0.695. The Bertz CT molecular complexity index is 191. The first-order chi connectivity index (χ1) is 5.29. The molecule has 0 heterocycles. The molecule has 0 aliphatic rings. The topological polar surface area (TPSA) is 20.2 Å². The number of hydrogen-bond acceptors (Lipinski definition) is 1. The Morgan fingerprint density at radius 2 is 1.91 bits per heavy atom. The van der Waals surface area contributed by atoms with Gasteiger partial charge in [0.1, 0.15) is 0 Å². The third-order valence-corrected chi connectivity index (χ3v) is 1.61. The fourth-order valence-electron chi connectivity index (χ4n) is 0.978. The number of rotatable bonds is 3. The summed E-state index contributed by atoms with van der Waals surface area (Å²) in [5, 5.41) is 8.90. The largest absolute Gasteiger partial charge is 0.393 e. The first kappa shape index (κ1) is 8.28. The van der Waals surface area contributed by atoms with Crippen molar-refractivity contribution in [2.45, 2.75) is 18.9 Å². The second kappa shape index (κ2) is 4.14. The van der Waals surface area contributed by atoms with Gasteiger partial charge in [0.15, 0.2) is 0 Å². The van der Waals surface area contributed by atoms with Crippen molar-refractivity contribution >= 4 is 0 Å². The number of benzene rings is 1. The molecule has 1 rings (SSSR count). The zero-order chi connectivity index (χ0) is 8.10. The summed E-state index contributed by atoms with van der Waals surface area (Å²) in [6.07, 6.45) is 1.21. The summed E-state index contributed by atoms with van der Waals surface area (Å²) in [7, 11) is 0. The van der Waals surface area contributed by atoms with Crippen molar-refractivity contribution in [2.24, 2.45) is 0 Å². The molecule has 0 aromatic heterocycles. The van der Waals surface area contributed by atoms with E-state index in [9.17, 15) is 0 Å². The zero-order valence-corrected chi connectivity index (χ0v) is 6.53. The average Bonchev–Trinajstić information content (AvgIpc) is 2.03. The number of aryl methyl sites for hydroxylation is 1. The smallest absolute Gasteiger partial charge is 0.0544 e. The van der Waals surface area contributed by atoms with Crippen LogP contribution in [0.25, 0.3) is 0 Å². The van der Waals surface area contributed by atoms with Gasteiger partial charge in [0, 0.05) is 0 Å². The van der Waals surface area contributed by atoms with E-state index in [1.165, 1.54) is 5.56 Å². The molecule has 0 aliphatic heterocycles. The summed E-state index contributed by atoms with van der Waals surface area (Å²) >= 11 is 0. The van der Waals surface area contributed by atoms with Crippen molar-refractivity contribution in [3.8, 4) is 0 Å². The van der Waals surface area contributed by atoms with Gasteiger partial charge in [0.25, 0.3) is 0 Å². The van der Waals surface area contributed by atoms with E-state index in [-0.39, 0.29) is 0 Å². The molecule has 0 unspecified atom stereocenters. The summed E-state index contributed by atoms with van der Waals surface area (Å²) in [6.45, 7) is 3.51. The van der Waals surface area contributed by atoms with Crippen LogP contribution in [0, 0.1) is 6.92 Å². The molecule has 0 fully saturated rings. The van der Waals surface area contributed by atoms with Crippen molar-refractivity contribution < 1.29 is 5.11 Å². The molecule has 0 saturated heterocycles. The van der Waals surface area contributed by atoms with E-state index in [0.29, 0.717) is 0 Å². The Morgan fingerprint density at radius 3 is 2.45 bits per heavy atom. The van der Waals surface area contributed by atoms with Crippen LogP contribution in [0.15, 0.2) is 30.3 Å². The molecule has 11 heavy (non-hydrogen) atoms. The minimum Gasteiger partial charge on any atom is -0.393 e. The van der Waals surface area contributed by atoms with Crippen molar-refractivity contribution in [3.63, 3.8) is 0 Å². The Labute approximate surface area is 67.7 Å². The fourth-order valence-corrected chi connectivity index (χ4v) is 0.978. The molecule has 0 saturated carbocycles. The van der Waals surface area contributed by atoms with E-state index in [4.69, 9.17) is 5.11 Å². The predicted molar refractivity (Wildman–Crippen MR) is 46.1 cm³/mol. The van der Waals surface area contributed by atoms with Gasteiger partial charge in [-0.05, 0) is 25.3 Å². The van der Waals surface area contributed by atoms with Crippen molar-refractivity contribution in [1.29, 1.82) is 0 Å². The average molecular weight is 149 g/mol. The van der Waals surface area contributed by atoms with E-state index >= 15 is 0 Å². The van der Waals surface area contributed by atoms with Gasteiger partial charge in [-0.2, -0.15) is 0 Å². The number of aliphatic hydroxyl groups excluding tert-OH is 1. The van der Waals surface area contributed by atoms with Gasteiger partial charge in [-0.15, -0.1) is 0 Å². The molecule has 0 spiro atoms. The molecule has 0 aliphatic carbocycles. The van der Waals surface area contributed by atoms with Gasteiger partial charge < -0.3 is 5.11 Å². The van der Waals surface area contributed by atoms with Crippen LogP contribution < -0.4 is 0 Å². The van der Waals surface area contributed by atoms with Crippen LogP contribution in [0.1, 0.15) is 12.0 Å². The Morgan fingerprint density at radius 1 is 1.27 bits per heavy atom. The number of aliphatic hydroxyl groups is 1. The molecule has 1 N–H and O–H groups in total. The highest BCUT2D eigenvalue weighted by atomic mass is 16.3. The first-order valence-corrected chi connectivity index (χ1v) is 3.84. The molecule has 0 amide bonds. The lowest BCUT2D eigenvalue weighted by Crippen LogP contribution is -2.01. The molecule has 1 aromatic rings. The maximum Gasteiger partial charge on any atom is 0.0544 e. The zero-order valence-electron chi connectivity index (χ0n) is 6.53. The van der Waals surface area contributed by atoms with E-state index in [1.54, 1.807) is 0 Å².